The number of hydrogen-bond acceptors (Lipinski definition) is 4. The van der Waals surface area contributed by atoms with E-state index in [9.17, 15) is 14.4 Å². The van der Waals surface area contributed by atoms with Crippen molar-refractivity contribution < 1.29 is 19.1 Å². The molecule has 2 amide bonds. The lowest BCUT2D eigenvalue weighted by Crippen LogP contribution is -2.29. The van der Waals surface area contributed by atoms with Gasteiger partial charge in [-0.15, -0.1) is 0 Å². The normalized spacial score (nSPS) is 11.6. The molecule has 1 aromatic rings. The number of nitrogens with two attached hydrogens (primary N) is 1. The average molecular weight is 320 g/mol. The first-order valence-corrected chi connectivity index (χ1v) is 7.63. The Balaban J connectivity index is 2.25. The standard InChI is InChI=1S/C17H24N2O4/c1-13(11-16(18)21)15(20)9-6-10-19(2)17(22)23-12-14-7-4-3-5-8-14/h3-5,7-8,13H,6,9-12H2,1-2H3,(H2,18,21). The van der Waals surface area contributed by atoms with Crippen molar-refractivity contribution in [1.82, 2.24) is 4.90 Å². The zero-order valence-corrected chi connectivity index (χ0v) is 13.7. The molecule has 0 bridgehead atoms. The molecular weight excluding hydrogens is 296 g/mol. The summed E-state index contributed by atoms with van der Waals surface area (Å²) < 4.78 is 5.19. The minimum absolute atomic E-state index is 0.0187. The highest BCUT2D eigenvalue weighted by molar-refractivity contribution is 5.86. The summed E-state index contributed by atoms with van der Waals surface area (Å²) in [4.78, 5) is 35.8. The molecule has 0 saturated heterocycles. The fourth-order valence-electron chi connectivity index (χ4n) is 2.07. The van der Waals surface area contributed by atoms with Crippen LogP contribution in [0.4, 0.5) is 4.79 Å². The zero-order chi connectivity index (χ0) is 17.2. The van der Waals surface area contributed by atoms with E-state index in [1.807, 2.05) is 30.3 Å². The molecule has 0 fully saturated rings. The van der Waals surface area contributed by atoms with E-state index >= 15 is 0 Å². The third kappa shape index (κ3) is 7.44. The van der Waals surface area contributed by atoms with Crippen molar-refractivity contribution in [3.63, 3.8) is 0 Å². The molecule has 0 radical (unpaired) electrons. The van der Waals surface area contributed by atoms with Crippen LogP contribution < -0.4 is 5.73 Å². The highest BCUT2D eigenvalue weighted by atomic mass is 16.6. The van der Waals surface area contributed by atoms with Crippen LogP contribution >= 0.6 is 0 Å². The molecule has 6 heteroatoms. The van der Waals surface area contributed by atoms with E-state index in [0.717, 1.165) is 5.56 Å². The van der Waals surface area contributed by atoms with Crippen molar-refractivity contribution >= 4 is 17.8 Å². The molecule has 1 unspecified atom stereocenters. The van der Waals surface area contributed by atoms with E-state index in [1.54, 1.807) is 14.0 Å². The summed E-state index contributed by atoms with van der Waals surface area (Å²) in [5.74, 6) is -0.870. The van der Waals surface area contributed by atoms with E-state index < -0.39 is 12.0 Å². The molecule has 126 valence electrons. The van der Waals surface area contributed by atoms with Crippen LogP contribution in [0.2, 0.25) is 0 Å². The Bertz CT molecular complexity index is 531. The number of carbonyl (C=O) groups is 3. The van der Waals surface area contributed by atoms with Crippen LogP contribution in [-0.4, -0.2) is 36.3 Å². The van der Waals surface area contributed by atoms with Gasteiger partial charge in [-0.2, -0.15) is 0 Å². The van der Waals surface area contributed by atoms with E-state index in [2.05, 4.69) is 0 Å². The quantitative estimate of drug-likeness (QED) is 0.754. The Labute approximate surface area is 136 Å². The number of ketones is 1. The Morgan fingerprint density at radius 3 is 2.48 bits per heavy atom. The number of primary amides is 1. The number of carbonyl (C=O) groups excluding carboxylic acids is 3. The van der Waals surface area contributed by atoms with Gasteiger partial charge in [0.25, 0.3) is 0 Å². The number of ether oxygens (including phenoxy) is 1. The van der Waals surface area contributed by atoms with Gasteiger partial charge in [-0.3, -0.25) is 9.59 Å². The number of benzene rings is 1. The minimum Gasteiger partial charge on any atom is -0.445 e. The van der Waals surface area contributed by atoms with Gasteiger partial charge in [-0.05, 0) is 12.0 Å². The molecule has 0 aliphatic heterocycles. The first-order valence-electron chi connectivity index (χ1n) is 7.63. The van der Waals surface area contributed by atoms with Crippen LogP contribution in [0.25, 0.3) is 0 Å². The molecule has 0 heterocycles. The zero-order valence-electron chi connectivity index (χ0n) is 13.7. The second-order valence-corrected chi connectivity index (χ2v) is 5.60. The number of amides is 2. The summed E-state index contributed by atoms with van der Waals surface area (Å²) in [5, 5.41) is 0. The topological polar surface area (TPSA) is 89.7 Å². The number of rotatable bonds is 9. The van der Waals surface area contributed by atoms with Gasteiger partial charge in [0.2, 0.25) is 5.91 Å². The Morgan fingerprint density at radius 1 is 1.22 bits per heavy atom. The fourth-order valence-corrected chi connectivity index (χ4v) is 2.07. The molecule has 0 aromatic heterocycles. The largest absolute Gasteiger partial charge is 0.445 e. The maximum atomic E-state index is 11.8. The van der Waals surface area contributed by atoms with Crippen molar-refractivity contribution in [3.8, 4) is 0 Å². The van der Waals surface area contributed by atoms with E-state index in [1.165, 1.54) is 4.90 Å². The molecule has 0 saturated carbocycles. The predicted octanol–water partition coefficient (Wildman–Crippen LogP) is 2.12. The lowest BCUT2D eigenvalue weighted by atomic mass is 9.98. The SMILES string of the molecule is CC(CC(N)=O)C(=O)CCCN(C)C(=O)OCc1ccccc1. The minimum atomic E-state index is -0.479. The smallest absolute Gasteiger partial charge is 0.409 e. The lowest BCUT2D eigenvalue weighted by Gasteiger charge is -2.17. The van der Waals surface area contributed by atoms with Gasteiger partial charge in [-0.1, -0.05) is 37.3 Å². The van der Waals surface area contributed by atoms with Crippen molar-refractivity contribution in [2.45, 2.75) is 32.8 Å². The van der Waals surface area contributed by atoms with Crippen LogP contribution in [0.5, 0.6) is 0 Å². The number of Topliss-reactive ketones (excluding diaryl/α,β-unsaturated/α-hetero) is 1. The maximum absolute atomic E-state index is 11.8. The monoisotopic (exact) mass is 320 g/mol. The molecule has 0 spiro atoms. The van der Waals surface area contributed by atoms with E-state index in [-0.39, 0.29) is 24.7 Å². The lowest BCUT2D eigenvalue weighted by molar-refractivity contribution is -0.127. The number of hydrogen-bond donors (Lipinski definition) is 1. The molecule has 2 N–H and O–H groups in total. The first-order chi connectivity index (χ1) is 10.9. The Hall–Kier alpha value is -2.37. The average Bonchev–Trinajstić information content (AvgIpc) is 2.52. The van der Waals surface area contributed by atoms with Gasteiger partial charge in [-0.25, -0.2) is 4.79 Å². The van der Waals surface area contributed by atoms with Gasteiger partial charge >= 0.3 is 6.09 Å². The summed E-state index contributed by atoms with van der Waals surface area (Å²) >= 11 is 0. The molecule has 6 nitrogen and oxygen atoms in total. The number of nitrogens with zero attached hydrogens (tertiary/aromatic N) is 1. The van der Waals surface area contributed by atoms with Gasteiger partial charge in [0, 0.05) is 32.4 Å². The van der Waals surface area contributed by atoms with Crippen LogP contribution in [0.3, 0.4) is 0 Å². The summed E-state index contributed by atoms with van der Waals surface area (Å²) in [6.45, 7) is 2.33. The molecule has 1 rings (SSSR count). The van der Waals surface area contributed by atoms with Crippen molar-refractivity contribution in [2.24, 2.45) is 11.7 Å². The molecular formula is C17H24N2O4. The van der Waals surface area contributed by atoms with Crippen LogP contribution in [0.1, 0.15) is 31.7 Å². The van der Waals surface area contributed by atoms with Gasteiger partial charge < -0.3 is 15.4 Å². The molecule has 1 aromatic carbocycles. The summed E-state index contributed by atoms with van der Waals surface area (Å²) in [6, 6.07) is 9.42. The van der Waals surface area contributed by atoms with Gasteiger partial charge in [0.1, 0.15) is 12.4 Å². The first kappa shape index (κ1) is 18.7. The second-order valence-electron chi connectivity index (χ2n) is 5.60. The van der Waals surface area contributed by atoms with Gasteiger partial charge in [0.05, 0.1) is 0 Å². The summed E-state index contributed by atoms with van der Waals surface area (Å²) in [7, 11) is 1.63. The highest BCUT2D eigenvalue weighted by Gasteiger charge is 2.16. The van der Waals surface area contributed by atoms with Crippen molar-refractivity contribution in [3.05, 3.63) is 35.9 Å². The fraction of sp³-hybridized carbons (Fsp3) is 0.471. The molecule has 1 atom stereocenters. The van der Waals surface area contributed by atoms with Crippen LogP contribution in [0.15, 0.2) is 30.3 Å². The van der Waals surface area contributed by atoms with Crippen molar-refractivity contribution in [1.29, 1.82) is 0 Å². The van der Waals surface area contributed by atoms with Crippen LogP contribution in [-0.2, 0) is 20.9 Å². The third-order valence-electron chi connectivity index (χ3n) is 3.49. The Kier molecular flexibility index (Phi) is 7.80. The Morgan fingerprint density at radius 2 is 1.87 bits per heavy atom. The predicted molar refractivity (Wildman–Crippen MR) is 86.5 cm³/mol. The summed E-state index contributed by atoms with van der Waals surface area (Å²) in [5.41, 5.74) is 5.99. The van der Waals surface area contributed by atoms with E-state index in [4.69, 9.17) is 10.5 Å². The molecule has 0 aliphatic carbocycles. The van der Waals surface area contributed by atoms with E-state index in [0.29, 0.717) is 19.4 Å². The van der Waals surface area contributed by atoms with Crippen molar-refractivity contribution in [2.75, 3.05) is 13.6 Å². The third-order valence-corrected chi connectivity index (χ3v) is 3.49. The van der Waals surface area contributed by atoms with Gasteiger partial charge in [0.15, 0.2) is 0 Å². The second kappa shape index (κ2) is 9.61. The summed E-state index contributed by atoms with van der Waals surface area (Å²) in [6.07, 6.45) is 0.476. The molecule has 23 heavy (non-hydrogen) atoms. The molecule has 0 aliphatic rings. The maximum Gasteiger partial charge on any atom is 0.409 e. The highest BCUT2D eigenvalue weighted by Crippen LogP contribution is 2.08. The van der Waals surface area contributed by atoms with Crippen LogP contribution in [0, 0.1) is 5.92 Å².